The van der Waals surface area contributed by atoms with Gasteiger partial charge in [0, 0.05) is 0 Å². The monoisotopic (exact) mass is 152 g/mol. The van der Waals surface area contributed by atoms with Crippen molar-refractivity contribution < 1.29 is 25.2 Å². The summed E-state index contributed by atoms with van der Waals surface area (Å²) >= 11 is 0. The van der Waals surface area contributed by atoms with Crippen LogP contribution in [0.4, 0.5) is 0 Å². The fourth-order valence-corrected chi connectivity index (χ4v) is 0.437. The van der Waals surface area contributed by atoms with E-state index in [0.717, 1.165) is 0 Å². The Morgan fingerprint density at radius 3 is 2.10 bits per heavy atom. The average molecular weight is 152 g/mol. The maximum Gasteiger partial charge on any atom is 0.180 e. The third-order valence-corrected chi connectivity index (χ3v) is 0.936. The van der Waals surface area contributed by atoms with E-state index in [1.165, 1.54) is 0 Å². The van der Waals surface area contributed by atoms with Gasteiger partial charge < -0.3 is 25.2 Å². The van der Waals surface area contributed by atoms with Crippen molar-refractivity contribution in [3.8, 4) is 0 Å². The van der Waals surface area contributed by atoms with Gasteiger partial charge in [0.2, 0.25) is 0 Å². The van der Waals surface area contributed by atoms with Crippen molar-refractivity contribution in [2.45, 2.75) is 12.4 Å². The van der Waals surface area contributed by atoms with Crippen molar-refractivity contribution in [1.82, 2.24) is 0 Å². The summed E-state index contributed by atoms with van der Waals surface area (Å²) in [6.45, 7) is -0.691. The number of hydrogen-bond acceptors (Lipinski definition) is 5. The van der Waals surface area contributed by atoms with Crippen molar-refractivity contribution in [3.63, 3.8) is 0 Å². The van der Waals surface area contributed by atoms with E-state index in [2.05, 4.69) is 4.74 Å². The predicted octanol–water partition coefficient (Wildman–Crippen LogP) is -2.33. The van der Waals surface area contributed by atoms with Crippen molar-refractivity contribution in [1.29, 1.82) is 0 Å². The van der Waals surface area contributed by atoms with E-state index < -0.39 is 19.0 Å². The molecule has 0 spiro atoms. The van der Waals surface area contributed by atoms with Gasteiger partial charge in [0.05, 0.1) is 19.8 Å². The van der Waals surface area contributed by atoms with Crippen molar-refractivity contribution in [2.75, 3.05) is 19.8 Å². The van der Waals surface area contributed by atoms with Crippen molar-refractivity contribution in [2.24, 2.45) is 0 Å². The topological polar surface area (TPSA) is 90.2 Å². The highest BCUT2D eigenvalue weighted by Gasteiger charge is 2.14. The zero-order valence-electron chi connectivity index (χ0n) is 5.47. The van der Waals surface area contributed by atoms with Gasteiger partial charge >= 0.3 is 0 Å². The third kappa shape index (κ3) is 3.76. The fraction of sp³-hybridized carbons (Fsp3) is 1.00. The Morgan fingerprint density at radius 2 is 1.80 bits per heavy atom. The highest BCUT2D eigenvalue weighted by Crippen LogP contribution is 1.94. The van der Waals surface area contributed by atoms with Crippen LogP contribution in [-0.4, -0.2) is 52.6 Å². The molecule has 5 heteroatoms. The van der Waals surface area contributed by atoms with Gasteiger partial charge in [-0.05, 0) is 0 Å². The summed E-state index contributed by atoms with van der Waals surface area (Å²) in [5.74, 6) is 0. The number of ether oxygens (including phenoxy) is 1. The molecule has 1 atom stereocenters. The van der Waals surface area contributed by atoms with E-state index in [-0.39, 0.29) is 13.2 Å². The molecule has 0 amide bonds. The lowest BCUT2D eigenvalue weighted by Crippen LogP contribution is -2.32. The number of aliphatic hydroxyl groups excluding tert-OH is 3. The molecule has 0 aromatic heterocycles. The standard InChI is InChI=1S/C5H12O5/c6-1-2-10-4(3-7)5(8)9/h4-9H,1-3H2. The number of rotatable bonds is 5. The van der Waals surface area contributed by atoms with E-state index in [1.54, 1.807) is 0 Å². The van der Waals surface area contributed by atoms with Gasteiger partial charge in [0.1, 0.15) is 6.10 Å². The maximum atomic E-state index is 8.43. The zero-order chi connectivity index (χ0) is 7.98. The van der Waals surface area contributed by atoms with E-state index in [4.69, 9.17) is 20.4 Å². The van der Waals surface area contributed by atoms with Crippen LogP contribution in [0.15, 0.2) is 0 Å². The van der Waals surface area contributed by atoms with E-state index in [1.807, 2.05) is 0 Å². The van der Waals surface area contributed by atoms with E-state index in [9.17, 15) is 0 Å². The Morgan fingerprint density at radius 1 is 1.20 bits per heavy atom. The summed E-state index contributed by atoms with van der Waals surface area (Å²) in [6.07, 6.45) is -2.72. The molecule has 5 nitrogen and oxygen atoms in total. The molecule has 0 aliphatic rings. The van der Waals surface area contributed by atoms with Gasteiger partial charge in [0.25, 0.3) is 0 Å². The first kappa shape index (κ1) is 9.80. The molecule has 0 aliphatic carbocycles. The van der Waals surface area contributed by atoms with Gasteiger partial charge in [-0.25, -0.2) is 0 Å². The minimum atomic E-state index is -1.70. The summed E-state index contributed by atoms with van der Waals surface area (Å²) in [4.78, 5) is 0. The molecule has 0 aromatic rings. The van der Waals surface area contributed by atoms with Crippen LogP contribution in [-0.2, 0) is 4.74 Å². The fourth-order valence-electron chi connectivity index (χ4n) is 0.437. The first-order valence-electron chi connectivity index (χ1n) is 2.91. The Kier molecular flexibility index (Phi) is 5.46. The Balaban J connectivity index is 3.40. The number of hydrogen-bond donors (Lipinski definition) is 4. The summed E-state index contributed by atoms with van der Waals surface area (Å²) in [7, 11) is 0. The first-order chi connectivity index (χ1) is 4.72. The highest BCUT2D eigenvalue weighted by molar-refractivity contribution is 4.55. The highest BCUT2D eigenvalue weighted by atomic mass is 16.6. The summed E-state index contributed by atoms with van der Waals surface area (Å²) < 4.78 is 4.60. The van der Waals surface area contributed by atoms with Crippen LogP contribution in [0.3, 0.4) is 0 Å². The van der Waals surface area contributed by atoms with Crippen LogP contribution in [0.5, 0.6) is 0 Å². The van der Waals surface area contributed by atoms with Gasteiger partial charge in [0.15, 0.2) is 6.29 Å². The van der Waals surface area contributed by atoms with Gasteiger partial charge in [-0.15, -0.1) is 0 Å². The number of aliphatic hydroxyl groups is 4. The molecule has 0 bridgehead atoms. The predicted molar refractivity (Wildman–Crippen MR) is 32.1 cm³/mol. The normalized spacial score (nSPS) is 14.1. The Hall–Kier alpha value is -0.200. The van der Waals surface area contributed by atoms with Crippen molar-refractivity contribution in [3.05, 3.63) is 0 Å². The smallest absolute Gasteiger partial charge is 0.180 e. The molecule has 0 rings (SSSR count). The molecule has 0 radical (unpaired) electrons. The second-order valence-electron chi connectivity index (χ2n) is 1.73. The quantitative estimate of drug-likeness (QED) is 0.332. The van der Waals surface area contributed by atoms with Crippen LogP contribution >= 0.6 is 0 Å². The van der Waals surface area contributed by atoms with Gasteiger partial charge in [-0.3, -0.25) is 0 Å². The van der Waals surface area contributed by atoms with Crippen LogP contribution in [0.2, 0.25) is 0 Å². The lowest BCUT2D eigenvalue weighted by molar-refractivity contribution is -0.161. The van der Waals surface area contributed by atoms with Crippen LogP contribution in [0, 0.1) is 0 Å². The molecule has 62 valence electrons. The molecular weight excluding hydrogens is 140 g/mol. The first-order valence-corrected chi connectivity index (χ1v) is 2.91. The Bertz CT molecular complexity index is 74.4. The lowest BCUT2D eigenvalue weighted by Gasteiger charge is -2.15. The van der Waals surface area contributed by atoms with Gasteiger partial charge in [-0.2, -0.15) is 0 Å². The molecule has 4 N–H and O–H groups in total. The van der Waals surface area contributed by atoms with Crippen molar-refractivity contribution >= 4 is 0 Å². The van der Waals surface area contributed by atoms with Crippen LogP contribution in [0.1, 0.15) is 0 Å². The molecule has 1 unspecified atom stereocenters. The molecular formula is C5H12O5. The minimum absolute atomic E-state index is 0.0111. The largest absolute Gasteiger partial charge is 0.394 e. The summed E-state index contributed by atoms with van der Waals surface area (Å²) in [6, 6.07) is 0. The van der Waals surface area contributed by atoms with Crippen LogP contribution < -0.4 is 0 Å². The minimum Gasteiger partial charge on any atom is -0.394 e. The summed E-state index contributed by atoms with van der Waals surface area (Å²) in [5, 5.41) is 33.5. The molecule has 10 heavy (non-hydrogen) atoms. The average Bonchev–Trinajstić information content (AvgIpc) is 1.89. The lowest BCUT2D eigenvalue weighted by atomic mass is 10.4. The van der Waals surface area contributed by atoms with E-state index in [0.29, 0.717) is 0 Å². The second kappa shape index (κ2) is 5.57. The molecule has 0 fully saturated rings. The molecule has 0 heterocycles. The molecule has 0 saturated heterocycles. The summed E-state index contributed by atoms with van der Waals surface area (Å²) in [5.41, 5.74) is 0. The molecule has 0 aromatic carbocycles. The van der Waals surface area contributed by atoms with E-state index >= 15 is 0 Å². The third-order valence-electron chi connectivity index (χ3n) is 0.936. The van der Waals surface area contributed by atoms with Gasteiger partial charge in [-0.1, -0.05) is 0 Å². The molecule has 0 aliphatic heterocycles. The van der Waals surface area contributed by atoms with Crippen LogP contribution in [0.25, 0.3) is 0 Å². The zero-order valence-corrected chi connectivity index (χ0v) is 5.47. The molecule has 0 saturated carbocycles. The second-order valence-corrected chi connectivity index (χ2v) is 1.73. The maximum absolute atomic E-state index is 8.43. The Labute approximate surface area is 58.5 Å². The SMILES string of the molecule is OCCOC(CO)C(O)O.